The van der Waals surface area contributed by atoms with Crippen molar-refractivity contribution in [1.29, 1.82) is 0 Å². The highest BCUT2D eigenvalue weighted by Crippen LogP contribution is 2.42. The van der Waals surface area contributed by atoms with Gasteiger partial charge in [-0.05, 0) is 38.3 Å². The van der Waals surface area contributed by atoms with Gasteiger partial charge in [-0.15, -0.1) is 11.8 Å². The lowest BCUT2D eigenvalue weighted by atomic mass is 9.94. The first-order chi connectivity index (χ1) is 18.1. The van der Waals surface area contributed by atoms with Gasteiger partial charge in [0, 0.05) is 29.5 Å². The summed E-state index contributed by atoms with van der Waals surface area (Å²) in [5.41, 5.74) is 7.71. The Kier molecular flexibility index (Phi) is 9.78. The number of nitrogen functional groups attached to an aromatic ring is 1. The molecular formula is C25H31N3O9S. The molecule has 1 fully saturated rings. The molecule has 2 aliphatic rings. The number of hydrogen-bond acceptors (Lipinski definition) is 11. The minimum absolute atomic E-state index is 0.0565. The maximum absolute atomic E-state index is 11.8. The molecule has 38 heavy (non-hydrogen) atoms. The Morgan fingerprint density at radius 1 is 1.37 bits per heavy atom. The fraction of sp³-hybridized carbons (Fsp3) is 0.440. The summed E-state index contributed by atoms with van der Waals surface area (Å²) in [7, 11) is 1.51. The molecule has 0 spiro atoms. The summed E-state index contributed by atoms with van der Waals surface area (Å²) >= 11 is 1.47. The molecule has 1 saturated heterocycles. The van der Waals surface area contributed by atoms with Crippen LogP contribution in [0.25, 0.3) is 0 Å². The van der Waals surface area contributed by atoms with Gasteiger partial charge in [0.25, 0.3) is 0 Å². The van der Waals surface area contributed by atoms with Crippen LogP contribution >= 0.6 is 11.8 Å². The third-order valence-electron chi connectivity index (χ3n) is 6.08. The molecule has 0 aliphatic carbocycles. The molecule has 13 heteroatoms. The van der Waals surface area contributed by atoms with Crippen molar-refractivity contribution in [3.05, 3.63) is 56.7 Å². The average Bonchev–Trinajstić information content (AvgIpc) is 3.51. The zero-order chi connectivity index (χ0) is 28.0. The molecule has 0 saturated carbocycles. The van der Waals surface area contributed by atoms with E-state index in [-0.39, 0.29) is 48.4 Å². The Morgan fingerprint density at radius 2 is 2.11 bits per heavy atom. The van der Waals surface area contributed by atoms with Gasteiger partial charge < -0.3 is 35.3 Å². The Hall–Kier alpha value is -3.55. The Balaban J connectivity index is 0.000000230. The number of aliphatic carboxylic acids is 1. The van der Waals surface area contributed by atoms with Gasteiger partial charge in [-0.1, -0.05) is 11.6 Å². The molecule has 3 heterocycles. The normalized spacial score (nSPS) is 18.4. The van der Waals surface area contributed by atoms with E-state index in [1.807, 2.05) is 19.9 Å². The number of carboxylic acid groups (broad SMARTS) is 1. The number of phenols is 1. The van der Waals surface area contributed by atoms with E-state index in [0.717, 1.165) is 11.1 Å². The molecule has 206 valence electrons. The Labute approximate surface area is 223 Å². The molecule has 5 N–H and O–H groups in total. The van der Waals surface area contributed by atoms with Crippen LogP contribution in [0.1, 0.15) is 53.0 Å². The minimum atomic E-state index is -0.853. The zero-order valence-corrected chi connectivity index (χ0v) is 22.1. The Bertz CT molecular complexity index is 1290. The molecule has 0 bridgehead atoms. The number of rotatable bonds is 8. The lowest BCUT2D eigenvalue weighted by molar-refractivity contribution is -0.136. The standard InChI is InChI=1S/C17H20O6.C8H11N3O3S/c1-9(5-7-13(18)19)4-6-11-15(20)14-12(8-23-17(14)21)10(2)16(11)22-3;9-5-1-2-11(8(13)10-5)6-4-15-7(3-12)14-6/h4,20H,5-8H2,1-3H3,(H,18,19);1-2,6-7,12H,3-4H2,(H2,9,10,13)/b9-4+;/t;6-,7+/m.0/s1. The number of methoxy groups -OCH3 is 1. The molecule has 12 nitrogen and oxygen atoms in total. The number of aromatic nitrogens is 2. The highest BCUT2D eigenvalue weighted by atomic mass is 32.2. The van der Waals surface area contributed by atoms with Crippen molar-refractivity contribution in [3.63, 3.8) is 0 Å². The lowest BCUT2D eigenvalue weighted by Gasteiger charge is -2.15. The predicted molar refractivity (Wildman–Crippen MR) is 139 cm³/mol. The molecular weight excluding hydrogens is 518 g/mol. The predicted octanol–water partition coefficient (Wildman–Crippen LogP) is 2.14. The second-order valence-corrected chi connectivity index (χ2v) is 9.83. The van der Waals surface area contributed by atoms with Crippen LogP contribution in [0.3, 0.4) is 0 Å². The van der Waals surface area contributed by atoms with Gasteiger partial charge in [0.2, 0.25) is 0 Å². The number of carboxylic acids is 1. The SMILES string of the molecule is COc1c(C)c2c(c(O)c1C/C=C(\C)CCC(=O)O)C(=O)OC2.Nc1ccn([C@@H]2CS[C@H](CO)O2)c(=O)n1. The van der Waals surface area contributed by atoms with E-state index < -0.39 is 17.6 Å². The van der Waals surface area contributed by atoms with E-state index in [4.69, 9.17) is 30.2 Å². The maximum Gasteiger partial charge on any atom is 0.351 e. The Morgan fingerprint density at radius 3 is 2.71 bits per heavy atom. The summed E-state index contributed by atoms with van der Waals surface area (Å²) in [5.74, 6) is -0.156. The number of aliphatic hydroxyl groups is 1. The number of nitrogens with two attached hydrogens (primary N) is 1. The van der Waals surface area contributed by atoms with Crippen LogP contribution in [0.4, 0.5) is 5.82 Å². The summed E-state index contributed by atoms with van der Waals surface area (Å²) < 4.78 is 17.2. The second-order valence-electron chi connectivity index (χ2n) is 8.64. The fourth-order valence-corrected chi connectivity index (χ4v) is 4.97. The molecule has 0 amide bonds. The number of aromatic hydroxyl groups is 1. The van der Waals surface area contributed by atoms with Crippen LogP contribution in [0, 0.1) is 6.92 Å². The quantitative estimate of drug-likeness (QED) is 0.278. The molecule has 2 aliphatic heterocycles. The van der Waals surface area contributed by atoms with Gasteiger partial charge in [0.1, 0.15) is 41.2 Å². The van der Waals surface area contributed by atoms with Crippen LogP contribution in [0.15, 0.2) is 28.7 Å². The highest BCUT2D eigenvalue weighted by molar-refractivity contribution is 8.00. The van der Waals surface area contributed by atoms with Crippen molar-refractivity contribution in [2.75, 3.05) is 25.2 Å². The number of ether oxygens (including phenoxy) is 3. The third-order valence-corrected chi connectivity index (χ3v) is 7.19. The number of carbonyl (C=O) groups is 2. The van der Waals surface area contributed by atoms with E-state index >= 15 is 0 Å². The third kappa shape index (κ3) is 6.65. The van der Waals surface area contributed by atoms with Crippen molar-refractivity contribution in [3.8, 4) is 11.5 Å². The van der Waals surface area contributed by atoms with E-state index in [2.05, 4.69) is 4.98 Å². The smallest absolute Gasteiger partial charge is 0.351 e. The number of thioether (sulfide) groups is 1. The van der Waals surface area contributed by atoms with Crippen LogP contribution < -0.4 is 16.2 Å². The number of anilines is 1. The van der Waals surface area contributed by atoms with Crippen LogP contribution in [-0.4, -0.2) is 61.7 Å². The first kappa shape index (κ1) is 29.0. The monoisotopic (exact) mass is 549 g/mol. The van der Waals surface area contributed by atoms with Gasteiger partial charge >= 0.3 is 17.6 Å². The van der Waals surface area contributed by atoms with Gasteiger partial charge in [0.15, 0.2) is 0 Å². The number of cyclic esters (lactones) is 1. The fourth-order valence-electron chi connectivity index (χ4n) is 4.04. The first-order valence-electron chi connectivity index (χ1n) is 11.8. The van der Waals surface area contributed by atoms with E-state index in [9.17, 15) is 19.5 Å². The minimum Gasteiger partial charge on any atom is -0.507 e. The number of aliphatic hydroxyl groups excluding tert-OH is 1. The van der Waals surface area contributed by atoms with Crippen LogP contribution in [-0.2, 0) is 27.3 Å². The first-order valence-corrected chi connectivity index (χ1v) is 12.8. The zero-order valence-electron chi connectivity index (χ0n) is 21.3. The van der Waals surface area contributed by atoms with Gasteiger partial charge in [0.05, 0.1) is 13.7 Å². The number of esters is 1. The largest absolute Gasteiger partial charge is 0.507 e. The van der Waals surface area contributed by atoms with E-state index in [1.165, 1.54) is 23.4 Å². The summed E-state index contributed by atoms with van der Waals surface area (Å²) in [4.78, 5) is 37.4. The summed E-state index contributed by atoms with van der Waals surface area (Å²) in [6.07, 6.45) is 3.86. The van der Waals surface area contributed by atoms with E-state index in [0.29, 0.717) is 35.5 Å². The van der Waals surface area contributed by atoms with Gasteiger partial charge in [-0.25, -0.2) is 9.59 Å². The van der Waals surface area contributed by atoms with Crippen molar-refractivity contribution in [2.45, 2.75) is 51.4 Å². The van der Waals surface area contributed by atoms with Crippen molar-refractivity contribution in [1.82, 2.24) is 9.55 Å². The number of phenolic OH excluding ortho intramolecular Hbond substituents is 1. The summed E-state index contributed by atoms with van der Waals surface area (Å²) in [6, 6.07) is 1.54. The maximum atomic E-state index is 11.8. The van der Waals surface area contributed by atoms with Crippen molar-refractivity contribution in [2.24, 2.45) is 0 Å². The highest BCUT2D eigenvalue weighted by Gasteiger charge is 2.32. The summed E-state index contributed by atoms with van der Waals surface area (Å²) in [6.45, 7) is 3.74. The van der Waals surface area contributed by atoms with Crippen molar-refractivity contribution >= 4 is 29.5 Å². The average molecular weight is 550 g/mol. The lowest BCUT2D eigenvalue weighted by Crippen LogP contribution is -2.28. The number of nitrogens with zero attached hydrogens (tertiary/aromatic N) is 2. The summed E-state index contributed by atoms with van der Waals surface area (Å²) in [5, 5.41) is 28.0. The molecule has 0 unspecified atom stereocenters. The molecule has 4 rings (SSSR count). The van der Waals surface area contributed by atoms with Gasteiger partial charge in [-0.2, -0.15) is 4.98 Å². The molecule has 2 atom stereocenters. The van der Waals surface area contributed by atoms with Crippen LogP contribution in [0.2, 0.25) is 0 Å². The van der Waals surface area contributed by atoms with Crippen LogP contribution in [0.5, 0.6) is 11.5 Å². The molecule has 1 aromatic heterocycles. The number of carbonyl (C=O) groups excluding carboxylic acids is 1. The molecule has 0 radical (unpaired) electrons. The van der Waals surface area contributed by atoms with Crippen molar-refractivity contribution < 1.29 is 39.1 Å². The number of allylic oxidation sites excluding steroid dienone is 2. The topological polar surface area (TPSA) is 183 Å². The number of fused-ring (bicyclic) bond motifs is 1. The molecule has 2 aromatic rings. The number of hydrogen-bond donors (Lipinski definition) is 4. The van der Waals surface area contributed by atoms with Gasteiger partial charge in [-0.3, -0.25) is 9.36 Å². The number of benzene rings is 1. The van der Waals surface area contributed by atoms with E-state index in [1.54, 1.807) is 12.3 Å². The molecule has 1 aromatic carbocycles. The second kappa shape index (κ2) is 12.8.